The van der Waals surface area contributed by atoms with E-state index in [2.05, 4.69) is 11.9 Å². The van der Waals surface area contributed by atoms with E-state index in [0.717, 1.165) is 27.8 Å². The molecule has 31 heavy (non-hydrogen) atoms. The van der Waals surface area contributed by atoms with Crippen molar-refractivity contribution >= 4 is 16.7 Å². The Morgan fingerprint density at radius 3 is 2.65 bits per heavy atom. The second kappa shape index (κ2) is 8.73. The average molecular weight is 421 g/mol. The molecule has 0 unspecified atom stereocenters. The van der Waals surface area contributed by atoms with Gasteiger partial charge in [-0.1, -0.05) is 31.2 Å². The number of nitrogens with zero attached hydrogens (tertiary/aromatic N) is 2. The number of rotatable bonds is 5. The van der Waals surface area contributed by atoms with Crippen molar-refractivity contribution in [2.75, 3.05) is 13.2 Å². The number of Topliss-reactive ketones (excluding diaryl/α,β-unsaturated/α-hetero) is 1. The number of hydrogen-bond donors (Lipinski definition) is 1. The van der Waals surface area contributed by atoms with Crippen LogP contribution in [0.25, 0.3) is 10.9 Å². The maximum atomic E-state index is 13.3. The fraction of sp³-hybridized carbons (Fsp3) is 0.400. The molecule has 0 spiro atoms. The number of aryl methyl sites for hydroxylation is 1. The number of aliphatic hydroxyl groups is 1. The van der Waals surface area contributed by atoms with E-state index in [1.54, 1.807) is 10.9 Å². The van der Waals surface area contributed by atoms with Gasteiger partial charge in [0.1, 0.15) is 0 Å². The van der Waals surface area contributed by atoms with Crippen LogP contribution < -0.4 is 5.56 Å². The monoisotopic (exact) mass is 420 g/mol. The molecule has 1 aromatic heterocycles. The quantitative estimate of drug-likeness (QED) is 0.639. The second-order valence-corrected chi connectivity index (χ2v) is 8.29. The van der Waals surface area contributed by atoms with Gasteiger partial charge >= 0.3 is 0 Å². The minimum Gasteiger partial charge on any atom is -0.389 e. The number of benzene rings is 2. The van der Waals surface area contributed by atoms with Crippen LogP contribution in [0.1, 0.15) is 58.4 Å². The average Bonchev–Trinajstić information content (AvgIpc) is 2.78. The van der Waals surface area contributed by atoms with Gasteiger partial charge < -0.3 is 9.84 Å². The first-order chi connectivity index (χ1) is 14.9. The number of carbonyl (C=O) groups is 1. The lowest BCUT2D eigenvalue weighted by Gasteiger charge is -2.29. The lowest BCUT2D eigenvalue weighted by Crippen LogP contribution is -2.39. The third-order valence-corrected chi connectivity index (χ3v) is 6.39. The Kier molecular flexibility index (Phi) is 6.03. The lowest BCUT2D eigenvalue weighted by molar-refractivity contribution is -0.0395. The van der Waals surface area contributed by atoms with Crippen molar-refractivity contribution in [2.45, 2.75) is 52.2 Å². The summed E-state index contributed by atoms with van der Waals surface area (Å²) in [5, 5.41) is 10.9. The van der Waals surface area contributed by atoms with Crippen molar-refractivity contribution in [2.24, 2.45) is 0 Å². The Labute approximate surface area is 181 Å². The zero-order valence-electron chi connectivity index (χ0n) is 18.2. The predicted octanol–water partition coefficient (Wildman–Crippen LogP) is 3.52. The zero-order chi connectivity index (χ0) is 22.1. The summed E-state index contributed by atoms with van der Waals surface area (Å²) in [6.07, 6.45) is 2.57. The minimum absolute atomic E-state index is 0.131. The molecule has 6 heteroatoms. The van der Waals surface area contributed by atoms with E-state index in [1.165, 1.54) is 0 Å². The Hall–Kier alpha value is -2.83. The highest BCUT2D eigenvalue weighted by Gasteiger charge is 2.27. The Morgan fingerprint density at radius 2 is 1.97 bits per heavy atom. The number of aliphatic hydroxyl groups excluding tert-OH is 1. The highest BCUT2D eigenvalue weighted by atomic mass is 16.5. The molecule has 0 aliphatic carbocycles. The van der Waals surface area contributed by atoms with E-state index in [1.807, 2.05) is 44.2 Å². The molecule has 1 aliphatic rings. The van der Waals surface area contributed by atoms with E-state index in [9.17, 15) is 14.7 Å². The number of ether oxygens (including phenoxy) is 1. The van der Waals surface area contributed by atoms with Crippen LogP contribution in [0.5, 0.6) is 0 Å². The van der Waals surface area contributed by atoms with Crippen molar-refractivity contribution in [3.8, 4) is 0 Å². The van der Waals surface area contributed by atoms with Gasteiger partial charge in [0.2, 0.25) is 0 Å². The first-order valence-corrected chi connectivity index (χ1v) is 10.8. The van der Waals surface area contributed by atoms with Crippen molar-refractivity contribution in [3.05, 3.63) is 74.8 Å². The molecule has 6 nitrogen and oxygen atoms in total. The van der Waals surface area contributed by atoms with Gasteiger partial charge in [0, 0.05) is 18.6 Å². The van der Waals surface area contributed by atoms with Crippen LogP contribution in [-0.4, -0.2) is 39.8 Å². The molecule has 1 aliphatic heterocycles. The topological polar surface area (TPSA) is 81.4 Å². The molecule has 0 amide bonds. The van der Waals surface area contributed by atoms with Crippen molar-refractivity contribution in [3.63, 3.8) is 0 Å². The first-order valence-electron chi connectivity index (χ1n) is 10.8. The summed E-state index contributed by atoms with van der Waals surface area (Å²) in [6, 6.07) is 9.28. The zero-order valence-corrected chi connectivity index (χ0v) is 18.2. The number of carbonyl (C=O) groups excluding carboxylic acids is 1. The van der Waals surface area contributed by atoms with Gasteiger partial charge in [0.05, 0.1) is 36.0 Å². The van der Waals surface area contributed by atoms with Gasteiger partial charge in [-0.15, -0.1) is 0 Å². The summed E-state index contributed by atoms with van der Waals surface area (Å²) in [5.74, 6) is 0.131. The molecule has 0 bridgehead atoms. The SMILES string of the molecule is CCC(=O)c1ccc(Cc2cc3c(=O)n([C@H]4CCOC[C@@H]4O)cnc3c(C)c2C)cc1. The van der Waals surface area contributed by atoms with Crippen molar-refractivity contribution in [1.29, 1.82) is 0 Å². The summed E-state index contributed by atoms with van der Waals surface area (Å²) >= 11 is 0. The molecule has 2 atom stereocenters. The smallest absolute Gasteiger partial charge is 0.261 e. The molecule has 3 aromatic rings. The van der Waals surface area contributed by atoms with E-state index in [-0.39, 0.29) is 24.0 Å². The lowest BCUT2D eigenvalue weighted by atomic mass is 9.94. The van der Waals surface area contributed by atoms with Gasteiger partial charge in [0.25, 0.3) is 5.56 Å². The maximum Gasteiger partial charge on any atom is 0.261 e. The number of hydrogen-bond acceptors (Lipinski definition) is 5. The summed E-state index contributed by atoms with van der Waals surface area (Å²) < 4.78 is 6.86. The van der Waals surface area contributed by atoms with Crippen LogP contribution in [0.2, 0.25) is 0 Å². The Balaban J connectivity index is 1.74. The van der Waals surface area contributed by atoms with Crippen LogP contribution >= 0.6 is 0 Å². The van der Waals surface area contributed by atoms with E-state index >= 15 is 0 Å². The fourth-order valence-corrected chi connectivity index (χ4v) is 4.30. The standard InChI is InChI=1S/C25H28N2O4/c1-4-22(28)18-7-5-17(6-8-18)11-19-12-20-24(16(3)15(19)2)26-14-27(25(20)30)21-9-10-31-13-23(21)29/h5-8,12,14,21,23,29H,4,9-11,13H2,1-3H3/t21-,23-/m0/s1. The van der Waals surface area contributed by atoms with Gasteiger partial charge in [-0.2, -0.15) is 0 Å². The number of aromatic nitrogens is 2. The molecule has 1 N–H and O–H groups in total. The highest BCUT2D eigenvalue weighted by molar-refractivity contribution is 5.95. The Morgan fingerprint density at radius 1 is 1.23 bits per heavy atom. The van der Waals surface area contributed by atoms with E-state index < -0.39 is 6.10 Å². The highest BCUT2D eigenvalue weighted by Crippen LogP contribution is 2.26. The normalized spacial score (nSPS) is 19.0. The third-order valence-electron chi connectivity index (χ3n) is 6.39. The van der Waals surface area contributed by atoms with Crippen LogP contribution in [0.15, 0.2) is 41.5 Å². The maximum absolute atomic E-state index is 13.3. The van der Waals surface area contributed by atoms with Gasteiger partial charge in [-0.05, 0) is 55.0 Å². The molecule has 1 saturated heterocycles. The molecule has 0 saturated carbocycles. The molecular weight excluding hydrogens is 392 g/mol. The summed E-state index contributed by atoms with van der Waals surface area (Å²) in [7, 11) is 0. The second-order valence-electron chi connectivity index (χ2n) is 8.29. The van der Waals surface area contributed by atoms with Crippen LogP contribution in [0.3, 0.4) is 0 Å². The summed E-state index contributed by atoms with van der Waals surface area (Å²) in [6.45, 7) is 6.64. The Bertz CT molecular complexity index is 1180. The van der Waals surface area contributed by atoms with E-state index in [0.29, 0.717) is 36.8 Å². The molecule has 162 valence electrons. The van der Waals surface area contributed by atoms with Crippen molar-refractivity contribution in [1.82, 2.24) is 9.55 Å². The predicted molar refractivity (Wildman–Crippen MR) is 120 cm³/mol. The molecule has 4 rings (SSSR count). The number of ketones is 1. The molecule has 2 heterocycles. The summed E-state index contributed by atoms with van der Waals surface area (Å²) in [4.78, 5) is 29.8. The summed E-state index contributed by atoms with van der Waals surface area (Å²) in [5.41, 5.74) is 5.53. The molecule has 2 aromatic carbocycles. The third kappa shape index (κ3) is 4.05. The molecular formula is C25H28N2O4. The number of fused-ring (bicyclic) bond motifs is 1. The molecule has 0 radical (unpaired) electrons. The van der Waals surface area contributed by atoms with Crippen molar-refractivity contribution < 1.29 is 14.6 Å². The van der Waals surface area contributed by atoms with Gasteiger partial charge in [-0.3, -0.25) is 14.2 Å². The minimum atomic E-state index is -0.721. The van der Waals surface area contributed by atoms with E-state index in [4.69, 9.17) is 4.74 Å². The van der Waals surface area contributed by atoms with Crippen LogP contribution in [-0.2, 0) is 11.2 Å². The van der Waals surface area contributed by atoms with Gasteiger partial charge in [0.15, 0.2) is 5.78 Å². The van der Waals surface area contributed by atoms with Gasteiger partial charge in [-0.25, -0.2) is 4.98 Å². The largest absolute Gasteiger partial charge is 0.389 e. The van der Waals surface area contributed by atoms with Crippen LogP contribution in [0, 0.1) is 13.8 Å². The fourth-order valence-electron chi connectivity index (χ4n) is 4.30. The van der Waals surface area contributed by atoms with Crippen LogP contribution in [0.4, 0.5) is 0 Å². The first kappa shape index (κ1) is 21.4. The molecule has 1 fully saturated rings.